The molecule has 6 nitrogen and oxygen atoms in total. The van der Waals surface area contributed by atoms with E-state index >= 15 is 0 Å². The smallest absolute Gasteiger partial charge is 0.253 e. The Hall–Kier alpha value is -3.28. The Bertz CT molecular complexity index is 983. The molecule has 2 aromatic carbocycles. The number of aromatic nitrogens is 1. The zero-order chi connectivity index (χ0) is 19.5. The maximum Gasteiger partial charge on any atom is 0.253 e. The highest BCUT2D eigenvalue weighted by Crippen LogP contribution is 2.35. The molecule has 2 heterocycles. The molecule has 1 aliphatic rings. The van der Waals surface area contributed by atoms with Crippen molar-refractivity contribution >= 4 is 22.5 Å². The lowest BCUT2D eigenvalue weighted by Crippen LogP contribution is -2.48. The van der Waals surface area contributed by atoms with E-state index in [-0.39, 0.29) is 5.91 Å². The molecule has 4 rings (SSSR count). The molecular weight excluding hydrogens is 354 g/mol. The van der Waals surface area contributed by atoms with Crippen molar-refractivity contribution in [3.63, 3.8) is 0 Å². The number of nitrogens with zero attached hydrogens (tertiary/aromatic N) is 3. The average molecular weight is 377 g/mol. The van der Waals surface area contributed by atoms with E-state index in [1.165, 1.54) is 0 Å². The van der Waals surface area contributed by atoms with Crippen molar-refractivity contribution < 1.29 is 14.3 Å². The number of pyridine rings is 1. The Kier molecular flexibility index (Phi) is 5.02. The number of rotatable bonds is 4. The molecule has 1 aliphatic heterocycles. The van der Waals surface area contributed by atoms with Crippen molar-refractivity contribution in [1.29, 1.82) is 0 Å². The minimum atomic E-state index is 0.0891. The molecule has 0 saturated carbocycles. The van der Waals surface area contributed by atoms with Gasteiger partial charge in [0.2, 0.25) is 0 Å². The molecule has 3 aromatic rings. The Labute approximate surface area is 164 Å². The molecule has 0 atom stereocenters. The molecule has 0 N–H and O–H groups in total. The van der Waals surface area contributed by atoms with E-state index in [1.54, 1.807) is 14.2 Å². The summed E-state index contributed by atoms with van der Waals surface area (Å²) < 4.78 is 10.8. The third-order valence-electron chi connectivity index (χ3n) is 5.15. The van der Waals surface area contributed by atoms with Crippen LogP contribution in [-0.2, 0) is 0 Å². The van der Waals surface area contributed by atoms with Gasteiger partial charge in [0.25, 0.3) is 5.91 Å². The van der Waals surface area contributed by atoms with E-state index in [1.807, 2.05) is 59.6 Å². The van der Waals surface area contributed by atoms with Crippen LogP contribution >= 0.6 is 0 Å². The van der Waals surface area contributed by atoms with Crippen LogP contribution in [-0.4, -0.2) is 56.2 Å². The molecule has 1 amide bonds. The second-order valence-corrected chi connectivity index (χ2v) is 6.70. The van der Waals surface area contributed by atoms with Crippen molar-refractivity contribution in [1.82, 2.24) is 9.88 Å². The summed E-state index contributed by atoms with van der Waals surface area (Å²) in [6, 6.07) is 15.3. The molecule has 6 heteroatoms. The van der Waals surface area contributed by atoms with Crippen LogP contribution in [0.2, 0.25) is 0 Å². The molecule has 0 radical (unpaired) electrons. The predicted octanol–water partition coefficient (Wildman–Crippen LogP) is 3.21. The molecule has 1 aromatic heterocycles. The van der Waals surface area contributed by atoms with Crippen molar-refractivity contribution in [2.75, 3.05) is 45.3 Å². The van der Waals surface area contributed by atoms with Crippen LogP contribution < -0.4 is 14.4 Å². The molecular formula is C22H23N3O3. The van der Waals surface area contributed by atoms with E-state index in [2.05, 4.69) is 9.88 Å². The molecule has 1 saturated heterocycles. The summed E-state index contributed by atoms with van der Waals surface area (Å²) in [5.41, 5.74) is 2.69. The van der Waals surface area contributed by atoms with Crippen LogP contribution in [0.3, 0.4) is 0 Å². The Morgan fingerprint density at radius 3 is 2.29 bits per heavy atom. The summed E-state index contributed by atoms with van der Waals surface area (Å²) >= 11 is 0. The fourth-order valence-corrected chi connectivity index (χ4v) is 3.65. The van der Waals surface area contributed by atoms with Crippen LogP contribution in [0, 0.1) is 0 Å². The molecule has 144 valence electrons. The van der Waals surface area contributed by atoms with Crippen LogP contribution in [0.4, 0.5) is 5.69 Å². The van der Waals surface area contributed by atoms with Gasteiger partial charge < -0.3 is 19.3 Å². The molecule has 0 unspecified atom stereocenters. The number of hydrogen-bond donors (Lipinski definition) is 0. The van der Waals surface area contributed by atoms with E-state index < -0.39 is 0 Å². The van der Waals surface area contributed by atoms with Crippen molar-refractivity contribution in [2.24, 2.45) is 0 Å². The second-order valence-electron chi connectivity index (χ2n) is 6.70. The number of carbonyl (C=O) groups is 1. The first-order valence-corrected chi connectivity index (χ1v) is 9.31. The SMILES string of the molecule is COc1cc2nccc(N3CCN(C(=O)c4ccccc4)CC3)c2cc1OC. The minimum Gasteiger partial charge on any atom is -0.493 e. The van der Waals surface area contributed by atoms with Crippen LogP contribution in [0.25, 0.3) is 10.9 Å². The van der Waals surface area contributed by atoms with Gasteiger partial charge in [-0.15, -0.1) is 0 Å². The zero-order valence-electron chi connectivity index (χ0n) is 16.1. The van der Waals surface area contributed by atoms with Gasteiger partial charge in [-0.1, -0.05) is 18.2 Å². The Morgan fingerprint density at radius 1 is 0.929 bits per heavy atom. The third kappa shape index (κ3) is 3.33. The normalized spacial score (nSPS) is 14.2. The van der Waals surface area contributed by atoms with Crippen molar-refractivity contribution in [3.8, 4) is 11.5 Å². The number of benzene rings is 2. The van der Waals surface area contributed by atoms with Gasteiger partial charge in [0, 0.05) is 55.1 Å². The number of ether oxygens (including phenoxy) is 2. The lowest BCUT2D eigenvalue weighted by molar-refractivity contribution is 0.0747. The quantitative estimate of drug-likeness (QED) is 0.699. The van der Waals surface area contributed by atoms with Crippen LogP contribution in [0.1, 0.15) is 10.4 Å². The summed E-state index contributed by atoms with van der Waals surface area (Å²) in [6.45, 7) is 2.91. The summed E-state index contributed by atoms with van der Waals surface area (Å²) in [5, 5.41) is 1.02. The first kappa shape index (κ1) is 18.1. The van der Waals surface area contributed by atoms with Crippen molar-refractivity contribution in [3.05, 3.63) is 60.3 Å². The summed E-state index contributed by atoms with van der Waals surface area (Å²) in [5.74, 6) is 1.44. The molecule has 1 fully saturated rings. The highest BCUT2D eigenvalue weighted by Gasteiger charge is 2.23. The predicted molar refractivity (Wildman–Crippen MR) is 109 cm³/mol. The molecule has 0 aliphatic carbocycles. The maximum absolute atomic E-state index is 12.7. The number of amides is 1. The number of anilines is 1. The maximum atomic E-state index is 12.7. The van der Waals surface area contributed by atoms with Gasteiger partial charge in [0.1, 0.15) is 0 Å². The summed E-state index contributed by atoms with van der Waals surface area (Å²) in [4.78, 5) is 21.4. The highest BCUT2D eigenvalue weighted by atomic mass is 16.5. The lowest BCUT2D eigenvalue weighted by atomic mass is 10.1. The van der Waals surface area contributed by atoms with Crippen molar-refractivity contribution in [2.45, 2.75) is 0 Å². The van der Waals surface area contributed by atoms with Gasteiger partial charge >= 0.3 is 0 Å². The van der Waals surface area contributed by atoms with Crippen LogP contribution in [0.5, 0.6) is 11.5 Å². The summed E-state index contributed by atoms with van der Waals surface area (Å²) in [7, 11) is 3.25. The first-order chi connectivity index (χ1) is 13.7. The third-order valence-corrected chi connectivity index (χ3v) is 5.15. The largest absolute Gasteiger partial charge is 0.493 e. The van der Waals surface area contributed by atoms with Gasteiger partial charge in [0.15, 0.2) is 11.5 Å². The van der Waals surface area contributed by atoms with E-state index in [0.717, 1.165) is 35.2 Å². The standard InChI is InChI=1S/C22H23N3O3/c1-27-20-14-17-18(15-21(20)28-2)23-9-8-19(17)24-10-12-25(13-11-24)22(26)16-6-4-3-5-7-16/h3-9,14-15H,10-13H2,1-2H3. The van der Waals surface area contributed by atoms with E-state index in [4.69, 9.17) is 9.47 Å². The van der Waals surface area contributed by atoms with E-state index in [0.29, 0.717) is 24.6 Å². The van der Waals surface area contributed by atoms with Gasteiger partial charge in [-0.3, -0.25) is 9.78 Å². The van der Waals surface area contributed by atoms with Crippen LogP contribution in [0.15, 0.2) is 54.7 Å². The molecule has 28 heavy (non-hydrogen) atoms. The molecule has 0 bridgehead atoms. The number of fused-ring (bicyclic) bond motifs is 1. The highest BCUT2D eigenvalue weighted by molar-refractivity contribution is 5.95. The van der Waals surface area contributed by atoms with Gasteiger partial charge in [-0.05, 0) is 24.3 Å². The first-order valence-electron chi connectivity index (χ1n) is 9.31. The topological polar surface area (TPSA) is 54.9 Å². The number of carbonyl (C=O) groups excluding carboxylic acids is 1. The fourth-order valence-electron chi connectivity index (χ4n) is 3.65. The number of hydrogen-bond acceptors (Lipinski definition) is 5. The monoisotopic (exact) mass is 377 g/mol. The fraction of sp³-hybridized carbons (Fsp3) is 0.273. The average Bonchev–Trinajstić information content (AvgIpc) is 2.77. The second kappa shape index (κ2) is 7.76. The van der Waals surface area contributed by atoms with Gasteiger partial charge in [-0.2, -0.15) is 0 Å². The minimum absolute atomic E-state index is 0.0891. The Morgan fingerprint density at radius 2 is 1.61 bits per heavy atom. The Balaban J connectivity index is 1.56. The zero-order valence-corrected chi connectivity index (χ0v) is 16.1. The van der Waals surface area contributed by atoms with Gasteiger partial charge in [-0.25, -0.2) is 0 Å². The number of piperazine rings is 1. The van der Waals surface area contributed by atoms with E-state index in [9.17, 15) is 4.79 Å². The van der Waals surface area contributed by atoms with Gasteiger partial charge in [0.05, 0.1) is 19.7 Å². The summed E-state index contributed by atoms with van der Waals surface area (Å²) in [6.07, 6.45) is 1.81. The lowest BCUT2D eigenvalue weighted by Gasteiger charge is -2.36. The number of methoxy groups -OCH3 is 2. The molecule has 0 spiro atoms.